The third-order valence-electron chi connectivity index (χ3n) is 1.18. The van der Waals surface area contributed by atoms with Crippen LogP contribution in [0.25, 0.3) is 0 Å². The minimum atomic E-state index is -2.26. The Morgan fingerprint density at radius 2 is 2.14 bits per heavy atom. The normalized spacial score (nSPS) is 14.1. The second kappa shape index (κ2) is 6.33. The van der Waals surface area contributed by atoms with Crippen LogP contribution >= 0.6 is 0 Å². The minimum absolute atomic E-state index is 0.0781. The van der Waals surface area contributed by atoms with Crippen LogP contribution in [0.3, 0.4) is 0 Å². The molecule has 1 amide bonds. The van der Waals surface area contributed by atoms with Crippen LogP contribution in [-0.2, 0) is 20.6 Å². The molecule has 0 heterocycles. The SMILES string of the molecule is CCOC(=O)C(CS(=O)O)NC(=O)O. The Balaban J connectivity index is 4.29. The zero-order valence-corrected chi connectivity index (χ0v) is 8.24. The maximum absolute atomic E-state index is 11.0. The molecule has 82 valence electrons. The third kappa shape index (κ3) is 5.49. The first-order chi connectivity index (χ1) is 6.47. The quantitative estimate of drug-likeness (QED) is 0.425. The van der Waals surface area contributed by atoms with Crippen LogP contribution < -0.4 is 5.32 Å². The Labute approximate surface area is 82.7 Å². The van der Waals surface area contributed by atoms with E-state index in [2.05, 4.69) is 4.74 Å². The molecule has 14 heavy (non-hydrogen) atoms. The van der Waals surface area contributed by atoms with Crippen molar-refractivity contribution in [3.05, 3.63) is 0 Å². The van der Waals surface area contributed by atoms with Gasteiger partial charge in [-0.15, -0.1) is 0 Å². The molecular formula is C6H11NO6S. The van der Waals surface area contributed by atoms with E-state index in [-0.39, 0.29) is 6.61 Å². The topological polar surface area (TPSA) is 113 Å². The number of hydrogen-bond acceptors (Lipinski definition) is 4. The molecule has 0 rings (SSSR count). The molecule has 3 N–H and O–H groups in total. The van der Waals surface area contributed by atoms with Crippen molar-refractivity contribution in [1.29, 1.82) is 0 Å². The van der Waals surface area contributed by atoms with Gasteiger partial charge in [0.1, 0.15) is 6.04 Å². The summed E-state index contributed by atoms with van der Waals surface area (Å²) < 4.78 is 23.4. The fourth-order valence-electron chi connectivity index (χ4n) is 0.703. The van der Waals surface area contributed by atoms with Gasteiger partial charge in [0.05, 0.1) is 12.4 Å². The highest BCUT2D eigenvalue weighted by Gasteiger charge is 2.23. The summed E-state index contributed by atoms with van der Waals surface area (Å²) in [6.07, 6.45) is -1.45. The van der Waals surface area contributed by atoms with E-state index in [4.69, 9.17) is 9.66 Å². The number of esters is 1. The molecule has 0 bridgehead atoms. The first-order valence-electron chi connectivity index (χ1n) is 3.71. The summed E-state index contributed by atoms with van der Waals surface area (Å²) in [5.41, 5.74) is 0. The van der Waals surface area contributed by atoms with Crippen molar-refractivity contribution in [1.82, 2.24) is 5.32 Å². The van der Waals surface area contributed by atoms with Gasteiger partial charge in [0.2, 0.25) is 0 Å². The smallest absolute Gasteiger partial charge is 0.405 e. The molecule has 0 aliphatic heterocycles. The molecule has 0 aromatic carbocycles. The standard InChI is InChI=1S/C6H11NO6S/c1-2-13-5(8)4(3-14(11)12)7-6(9)10/h4,7H,2-3H2,1H3,(H,9,10)(H,11,12). The van der Waals surface area contributed by atoms with Crippen LogP contribution in [0.15, 0.2) is 0 Å². The lowest BCUT2D eigenvalue weighted by Gasteiger charge is -2.12. The van der Waals surface area contributed by atoms with Crippen molar-refractivity contribution >= 4 is 23.1 Å². The predicted octanol–water partition coefficient (Wildman–Crippen LogP) is -0.593. The van der Waals surface area contributed by atoms with Crippen LogP contribution in [0.5, 0.6) is 0 Å². The van der Waals surface area contributed by atoms with Crippen molar-refractivity contribution < 1.29 is 28.2 Å². The summed E-state index contributed by atoms with van der Waals surface area (Å²) in [5.74, 6) is -1.39. The van der Waals surface area contributed by atoms with Crippen molar-refractivity contribution in [2.24, 2.45) is 0 Å². The largest absolute Gasteiger partial charge is 0.465 e. The van der Waals surface area contributed by atoms with E-state index in [0.29, 0.717) is 0 Å². The van der Waals surface area contributed by atoms with Crippen molar-refractivity contribution in [3.63, 3.8) is 0 Å². The summed E-state index contributed by atoms with van der Waals surface area (Å²) in [5, 5.41) is 10.1. The van der Waals surface area contributed by atoms with Gasteiger partial charge < -0.3 is 19.7 Å². The molecule has 0 spiro atoms. The maximum Gasteiger partial charge on any atom is 0.405 e. The van der Waals surface area contributed by atoms with E-state index in [1.165, 1.54) is 0 Å². The predicted molar refractivity (Wildman–Crippen MR) is 47.2 cm³/mol. The Bertz CT molecular complexity index is 226. The molecule has 0 aromatic rings. The molecule has 2 atom stereocenters. The van der Waals surface area contributed by atoms with E-state index < -0.39 is 34.9 Å². The van der Waals surface area contributed by atoms with Crippen LogP contribution in [-0.4, -0.2) is 44.3 Å². The van der Waals surface area contributed by atoms with Crippen molar-refractivity contribution in [3.8, 4) is 0 Å². The van der Waals surface area contributed by atoms with Crippen LogP contribution in [0.2, 0.25) is 0 Å². The summed E-state index contributed by atoms with van der Waals surface area (Å²) in [6.45, 7) is 1.63. The zero-order chi connectivity index (χ0) is 11.1. The fourth-order valence-corrected chi connectivity index (χ4v) is 1.21. The number of amides is 1. The van der Waals surface area contributed by atoms with Crippen molar-refractivity contribution in [2.75, 3.05) is 12.4 Å². The lowest BCUT2D eigenvalue weighted by Crippen LogP contribution is -2.44. The molecule has 0 fully saturated rings. The van der Waals surface area contributed by atoms with Gasteiger partial charge in [-0.05, 0) is 6.92 Å². The zero-order valence-electron chi connectivity index (χ0n) is 7.43. The van der Waals surface area contributed by atoms with Gasteiger partial charge in [-0.1, -0.05) is 0 Å². The Morgan fingerprint density at radius 1 is 1.57 bits per heavy atom. The number of carbonyl (C=O) groups excluding carboxylic acids is 1. The lowest BCUT2D eigenvalue weighted by molar-refractivity contribution is -0.144. The van der Waals surface area contributed by atoms with Gasteiger partial charge in [-0.2, -0.15) is 0 Å². The Morgan fingerprint density at radius 3 is 2.50 bits per heavy atom. The molecule has 0 aromatic heterocycles. The van der Waals surface area contributed by atoms with E-state index in [1.807, 2.05) is 0 Å². The summed E-state index contributed by atoms with van der Waals surface area (Å²) >= 11 is -2.26. The van der Waals surface area contributed by atoms with Crippen LogP contribution in [0.4, 0.5) is 4.79 Å². The molecule has 0 saturated heterocycles. The molecular weight excluding hydrogens is 214 g/mol. The molecule has 0 saturated carbocycles. The van der Waals surface area contributed by atoms with Gasteiger partial charge in [0.15, 0.2) is 11.1 Å². The average molecular weight is 225 g/mol. The second-order valence-corrected chi connectivity index (χ2v) is 3.22. The molecule has 0 aliphatic rings. The third-order valence-corrected chi connectivity index (χ3v) is 1.80. The van der Waals surface area contributed by atoms with Gasteiger partial charge in [-0.25, -0.2) is 13.8 Å². The number of carbonyl (C=O) groups is 2. The van der Waals surface area contributed by atoms with Gasteiger partial charge >= 0.3 is 12.1 Å². The molecule has 0 radical (unpaired) electrons. The highest BCUT2D eigenvalue weighted by atomic mass is 32.2. The second-order valence-electron chi connectivity index (χ2n) is 2.24. The molecule has 2 unspecified atom stereocenters. The average Bonchev–Trinajstić information content (AvgIpc) is 2.01. The Kier molecular flexibility index (Phi) is 5.81. The number of ether oxygens (including phenoxy) is 1. The van der Waals surface area contributed by atoms with E-state index in [0.717, 1.165) is 0 Å². The molecule has 0 aliphatic carbocycles. The van der Waals surface area contributed by atoms with Gasteiger partial charge in [-0.3, -0.25) is 0 Å². The van der Waals surface area contributed by atoms with Gasteiger partial charge in [0.25, 0.3) is 0 Å². The minimum Gasteiger partial charge on any atom is -0.465 e. The monoisotopic (exact) mass is 225 g/mol. The maximum atomic E-state index is 11.0. The van der Waals surface area contributed by atoms with E-state index >= 15 is 0 Å². The number of carboxylic acid groups (broad SMARTS) is 1. The lowest BCUT2D eigenvalue weighted by atomic mass is 10.3. The highest BCUT2D eigenvalue weighted by molar-refractivity contribution is 7.79. The Hall–Kier alpha value is -1.15. The molecule has 7 nitrogen and oxygen atoms in total. The number of rotatable bonds is 5. The molecule has 8 heteroatoms. The first kappa shape index (κ1) is 12.8. The first-order valence-corrected chi connectivity index (χ1v) is 4.98. The summed E-state index contributed by atoms with van der Waals surface area (Å²) in [6, 6.07) is -1.31. The van der Waals surface area contributed by atoms with Crippen LogP contribution in [0, 0.1) is 0 Å². The number of hydrogen-bond donors (Lipinski definition) is 3. The van der Waals surface area contributed by atoms with Crippen molar-refractivity contribution in [2.45, 2.75) is 13.0 Å². The fraction of sp³-hybridized carbons (Fsp3) is 0.667. The van der Waals surface area contributed by atoms with Crippen LogP contribution in [0.1, 0.15) is 6.92 Å². The van der Waals surface area contributed by atoms with E-state index in [1.54, 1.807) is 12.2 Å². The highest BCUT2D eigenvalue weighted by Crippen LogP contribution is 1.92. The summed E-state index contributed by atoms with van der Waals surface area (Å²) in [4.78, 5) is 21.2. The summed E-state index contributed by atoms with van der Waals surface area (Å²) in [7, 11) is 0. The van der Waals surface area contributed by atoms with Gasteiger partial charge in [0, 0.05) is 0 Å². The number of nitrogens with one attached hydrogen (secondary N) is 1. The van der Waals surface area contributed by atoms with E-state index in [9.17, 15) is 13.8 Å².